The van der Waals surface area contributed by atoms with E-state index in [-0.39, 0.29) is 24.7 Å². The van der Waals surface area contributed by atoms with Gasteiger partial charge in [-0.2, -0.15) is 0 Å². The lowest BCUT2D eigenvalue weighted by molar-refractivity contribution is -0.338. The van der Waals surface area contributed by atoms with E-state index in [1.807, 2.05) is 6.92 Å². The van der Waals surface area contributed by atoms with Crippen LogP contribution in [0.25, 0.3) is 0 Å². The number of primary amides is 1. The number of nitrogens with zero attached hydrogens (tertiary/aromatic N) is 1. The summed E-state index contributed by atoms with van der Waals surface area (Å²) in [4.78, 5) is 53.0. The van der Waals surface area contributed by atoms with Gasteiger partial charge in [-0.15, -0.1) is 0 Å². The van der Waals surface area contributed by atoms with Gasteiger partial charge in [0.15, 0.2) is 12.6 Å². The van der Waals surface area contributed by atoms with Crippen molar-refractivity contribution >= 4 is 23.8 Å². The number of amides is 5. The third kappa shape index (κ3) is 10.6. The Balaban J connectivity index is 1.46. The lowest BCUT2D eigenvalue weighted by atomic mass is 9.75. The minimum Gasteiger partial charge on any atom is -0.394 e. The molecule has 5 fully saturated rings. The highest BCUT2D eigenvalue weighted by Gasteiger charge is 2.53. The molecular formula is C36H61N5O14. The first-order valence-corrected chi connectivity index (χ1v) is 19.7. The Bertz CT molecular complexity index is 1310. The van der Waals surface area contributed by atoms with Gasteiger partial charge in [0, 0.05) is 25.9 Å². The highest BCUT2D eigenvalue weighted by atomic mass is 16.7. The number of likely N-dealkylation sites (tertiary alicyclic amines) is 1. The van der Waals surface area contributed by atoms with Crippen molar-refractivity contribution in [2.45, 2.75) is 165 Å². The number of rotatable bonds is 13. The van der Waals surface area contributed by atoms with Crippen LogP contribution in [0.2, 0.25) is 0 Å². The van der Waals surface area contributed by atoms with Crippen LogP contribution >= 0.6 is 0 Å². The quantitative estimate of drug-likeness (QED) is 0.0938. The number of hydrogen-bond acceptors (Lipinski definition) is 14. The molecule has 3 saturated heterocycles. The maximum atomic E-state index is 13.8. The average molecular weight is 788 g/mol. The Morgan fingerprint density at radius 1 is 0.873 bits per heavy atom. The number of carbonyl (C=O) groups excluding carboxylic acids is 4. The molecule has 0 aromatic heterocycles. The summed E-state index contributed by atoms with van der Waals surface area (Å²) in [6.07, 6.45) is -8.52. The molecule has 19 nitrogen and oxygen atoms in total. The van der Waals surface area contributed by atoms with Crippen LogP contribution in [0, 0.1) is 17.8 Å². The van der Waals surface area contributed by atoms with Crippen molar-refractivity contribution in [1.82, 2.24) is 21.1 Å². The van der Waals surface area contributed by atoms with E-state index in [4.69, 9.17) is 29.4 Å². The summed E-state index contributed by atoms with van der Waals surface area (Å²) in [5.41, 5.74) is 9.55. The van der Waals surface area contributed by atoms with E-state index in [1.165, 1.54) is 13.8 Å². The predicted molar refractivity (Wildman–Crippen MR) is 190 cm³/mol. The van der Waals surface area contributed by atoms with Gasteiger partial charge in [-0.05, 0) is 44.4 Å². The molecule has 5 rings (SSSR count). The van der Waals surface area contributed by atoms with Crippen LogP contribution in [0.3, 0.4) is 0 Å². The Morgan fingerprint density at radius 3 is 2.18 bits per heavy atom. The summed E-state index contributed by atoms with van der Waals surface area (Å²) in [6, 6.07) is -2.21. The van der Waals surface area contributed by atoms with Crippen molar-refractivity contribution in [3.8, 4) is 0 Å². The first-order valence-electron chi connectivity index (χ1n) is 19.7. The first-order chi connectivity index (χ1) is 26.2. The molecule has 314 valence electrons. The molecule has 0 radical (unpaired) electrons. The third-order valence-electron chi connectivity index (χ3n) is 11.8. The summed E-state index contributed by atoms with van der Waals surface area (Å²) in [6.45, 7) is 5.11. The standard InChI is InChI=1S/C36H61N5O14/c1-4-20-14-21(32(48)39-40-36(37)50)15-22(30(20)55-35-29(47)28(46)26(44)17(2)51-35)53-34-25(38-18(3)43)31(27(45)24(16-42)54-34)52-23(33(49)41-11-8-12-41)13-19-9-6-5-7-10-19/h17,19-31,34-35,42,44-47H,4-16H2,1-3H3,(H,38,43)(H,39,48)(H3,37,40,50)/t17?,20?,21?,22-,23+,24?,25?,26-,27+,28?,29?,30?,31?,34-,35+/m1/s1. The summed E-state index contributed by atoms with van der Waals surface area (Å²) in [7, 11) is 0. The second-order valence-electron chi connectivity index (χ2n) is 15.7. The van der Waals surface area contributed by atoms with E-state index in [9.17, 15) is 44.7 Å². The Hall–Kier alpha value is -2.72. The van der Waals surface area contributed by atoms with Crippen LogP contribution in [0.5, 0.6) is 0 Å². The number of hydrogen-bond donors (Lipinski definition) is 9. The van der Waals surface area contributed by atoms with Crippen LogP contribution in [0.1, 0.15) is 85.0 Å². The molecule has 0 aromatic carbocycles. The van der Waals surface area contributed by atoms with E-state index in [2.05, 4.69) is 16.2 Å². The van der Waals surface area contributed by atoms with E-state index >= 15 is 0 Å². The maximum Gasteiger partial charge on any atom is 0.330 e. The Labute approximate surface area is 320 Å². The molecule has 19 heteroatoms. The van der Waals surface area contributed by atoms with Crippen LogP contribution in [-0.2, 0) is 38.1 Å². The third-order valence-corrected chi connectivity index (χ3v) is 11.8. The summed E-state index contributed by atoms with van der Waals surface area (Å²) in [5.74, 6) is -2.34. The van der Waals surface area contributed by atoms with E-state index in [1.54, 1.807) is 4.90 Å². The zero-order valence-corrected chi connectivity index (χ0v) is 31.9. The van der Waals surface area contributed by atoms with Crippen LogP contribution in [0.4, 0.5) is 4.79 Å². The number of urea groups is 1. The van der Waals surface area contributed by atoms with Crippen molar-refractivity contribution in [1.29, 1.82) is 0 Å². The molecule has 0 spiro atoms. The van der Waals surface area contributed by atoms with Crippen molar-refractivity contribution < 1.29 is 68.4 Å². The number of ether oxygens (including phenoxy) is 5. The predicted octanol–water partition coefficient (Wildman–Crippen LogP) is -1.74. The largest absolute Gasteiger partial charge is 0.394 e. The number of aliphatic hydroxyl groups is 5. The lowest BCUT2D eigenvalue weighted by Gasteiger charge is -2.49. The Morgan fingerprint density at radius 2 is 1.58 bits per heavy atom. The van der Waals surface area contributed by atoms with Gasteiger partial charge in [-0.25, -0.2) is 10.2 Å². The molecule has 0 aromatic rings. The molecule has 15 atom stereocenters. The monoisotopic (exact) mass is 787 g/mol. The number of carbonyl (C=O) groups is 4. The fraction of sp³-hybridized carbons (Fsp3) is 0.889. The molecule has 3 aliphatic heterocycles. The van der Waals surface area contributed by atoms with Gasteiger partial charge in [0.25, 0.3) is 5.91 Å². The van der Waals surface area contributed by atoms with E-state index in [0.29, 0.717) is 25.9 Å². The van der Waals surface area contributed by atoms with Gasteiger partial charge in [0.1, 0.15) is 48.8 Å². The second-order valence-corrected chi connectivity index (χ2v) is 15.7. The highest BCUT2D eigenvalue weighted by Crippen LogP contribution is 2.40. The Kier molecular flexibility index (Phi) is 15.5. The van der Waals surface area contributed by atoms with Crippen molar-refractivity contribution in [3.63, 3.8) is 0 Å². The van der Waals surface area contributed by atoms with Gasteiger partial charge in [-0.3, -0.25) is 19.8 Å². The molecule has 10 N–H and O–H groups in total. The zero-order chi connectivity index (χ0) is 40.0. The second kappa shape index (κ2) is 19.6. The van der Waals surface area contributed by atoms with Crippen molar-refractivity contribution in [3.05, 3.63) is 0 Å². The number of nitrogens with one attached hydrogen (secondary N) is 3. The number of aliphatic hydroxyl groups excluding tert-OH is 5. The molecule has 2 saturated carbocycles. The molecular weight excluding hydrogens is 726 g/mol. The average Bonchev–Trinajstić information content (AvgIpc) is 3.13. The van der Waals surface area contributed by atoms with Gasteiger partial charge >= 0.3 is 6.03 Å². The maximum absolute atomic E-state index is 13.8. The zero-order valence-electron chi connectivity index (χ0n) is 31.9. The van der Waals surface area contributed by atoms with Gasteiger partial charge < -0.3 is 65.2 Å². The van der Waals surface area contributed by atoms with Crippen molar-refractivity contribution in [2.75, 3.05) is 19.7 Å². The molecule has 55 heavy (non-hydrogen) atoms. The molecule has 9 unspecified atom stereocenters. The van der Waals surface area contributed by atoms with Gasteiger partial charge in [0.2, 0.25) is 11.8 Å². The van der Waals surface area contributed by atoms with Crippen LogP contribution in [-0.4, -0.2) is 154 Å². The first kappa shape index (κ1) is 43.4. The SMILES string of the molecule is CCC1CC(C(=O)NNC(N)=O)C[C@@H](O[C@@H]2OC(CO)[C@H](O)C(O[C@@H](CC3CCCCC3)C(=O)N3CCC3)C2NC(C)=O)C1O[C@@H]1OC(C)[C@@H](O)C(O)C1O. The topological polar surface area (TPSA) is 281 Å². The fourth-order valence-corrected chi connectivity index (χ4v) is 8.54. The van der Waals surface area contributed by atoms with Crippen LogP contribution < -0.4 is 21.9 Å². The van der Waals surface area contributed by atoms with Gasteiger partial charge in [0.05, 0.1) is 24.9 Å². The van der Waals surface area contributed by atoms with Crippen molar-refractivity contribution in [2.24, 2.45) is 23.5 Å². The molecule has 2 aliphatic carbocycles. The molecule has 5 aliphatic rings. The fourth-order valence-electron chi connectivity index (χ4n) is 8.54. The van der Waals surface area contributed by atoms with Crippen LogP contribution in [0.15, 0.2) is 0 Å². The minimum absolute atomic E-state index is 0.0563. The number of nitrogens with two attached hydrogens (primary N) is 1. The molecule has 3 heterocycles. The van der Waals surface area contributed by atoms with Gasteiger partial charge in [-0.1, -0.05) is 45.4 Å². The van der Waals surface area contributed by atoms with E-state index in [0.717, 1.165) is 38.5 Å². The number of hydrazine groups is 1. The summed E-state index contributed by atoms with van der Waals surface area (Å²) < 4.78 is 31.4. The summed E-state index contributed by atoms with van der Waals surface area (Å²) >= 11 is 0. The summed E-state index contributed by atoms with van der Waals surface area (Å²) in [5, 5.41) is 56.5. The van der Waals surface area contributed by atoms with E-state index < -0.39 is 116 Å². The highest BCUT2D eigenvalue weighted by molar-refractivity contribution is 5.82. The minimum atomic E-state index is -1.65. The molecule has 5 amide bonds. The lowest BCUT2D eigenvalue weighted by Crippen LogP contribution is -2.67. The smallest absolute Gasteiger partial charge is 0.330 e. The normalized spacial score (nSPS) is 39.0. The molecule has 0 bridgehead atoms.